The number of thioether (sulfide) groups is 1. The van der Waals surface area contributed by atoms with Crippen LogP contribution in [0.25, 0.3) is 0 Å². The van der Waals surface area contributed by atoms with Crippen molar-refractivity contribution in [3.05, 3.63) is 0 Å². The molecule has 156 valence electrons. The van der Waals surface area contributed by atoms with E-state index >= 15 is 0 Å². The van der Waals surface area contributed by atoms with Gasteiger partial charge in [0.1, 0.15) is 0 Å². The lowest BCUT2D eigenvalue weighted by atomic mass is 9.80. The maximum atomic E-state index is 11.5. The largest absolute Gasteiger partial charge is 0.354 e. The molecule has 1 saturated carbocycles. The average Bonchev–Trinajstić information content (AvgIpc) is 2.70. The van der Waals surface area contributed by atoms with Crippen molar-refractivity contribution in [2.24, 2.45) is 4.99 Å². The van der Waals surface area contributed by atoms with Gasteiger partial charge in [0.05, 0.1) is 0 Å². The summed E-state index contributed by atoms with van der Waals surface area (Å²) in [6.07, 6.45) is 6.69. The van der Waals surface area contributed by atoms with Gasteiger partial charge in [-0.15, -0.1) is 24.0 Å². The van der Waals surface area contributed by atoms with Gasteiger partial charge in [-0.25, -0.2) is 0 Å². The number of aliphatic imine (C=N–C) groups is 1. The second-order valence-electron chi connectivity index (χ2n) is 7.78. The van der Waals surface area contributed by atoms with Crippen molar-refractivity contribution >= 4 is 47.6 Å². The number of nitrogens with zero attached hydrogens (tertiary/aromatic N) is 4. The van der Waals surface area contributed by atoms with E-state index < -0.39 is 0 Å². The fourth-order valence-corrected chi connectivity index (χ4v) is 5.56. The van der Waals surface area contributed by atoms with Crippen molar-refractivity contribution in [1.29, 1.82) is 0 Å². The Bertz CT molecular complexity index is 498. The zero-order valence-electron chi connectivity index (χ0n) is 16.9. The second kappa shape index (κ2) is 11.1. The molecule has 2 aliphatic heterocycles. The lowest BCUT2D eigenvalue weighted by Crippen LogP contribution is -2.61. The van der Waals surface area contributed by atoms with Crippen LogP contribution in [0.3, 0.4) is 0 Å². The van der Waals surface area contributed by atoms with Crippen molar-refractivity contribution < 1.29 is 4.79 Å². The predicted octanol–water partition coefficient (Wildman–Crippen LogP) is 2.10. The zero-order valence-corrected chi connectivity index (χ0v) is 20.1. The van der Waals surface area contributed by atoms with E-state index in [1.54, 1.807) is 6.92 Å². The second-order valence-corrected chi connectivity index (χ2v) is 9.00. The normalized spacial score (nSPS) is 24.3. The summed E-state index contributed by atoms with van der Waals surface area (Å²) < 4.78 is 0. The lowest BCUT2D eigenvalue weighted by molar-refractivity contribution is -0.130. The van der Waals surface area contributed by atoms with Crippen LogP contribution < -0.4 is 5.32 Å². The van der Waals surface area contributed by atoms with E-state index in [1.165, 1.54) is 56.7 Å². The number of halogens is 1. The minimum absolute atomic E-state index is 0. The molecule has 0 atom stereocenters. The van der Waals surface area contributed by atoms with Crippen molar-refractivity contribution in [3.63, 3.8) is 0 Å². The molecule has 27 heavy (non-hydrogen) atoms. The van der Waals surface area contributed by atoms with Gasteiger partial charge in [-0.2, -0.15) is 11.8 Å². The summed E-state index contributed by atoms with van der Waals surface area (Å²) in [5.41, 5.74) is 0.302. The van der Waals surface area contributed by atoms with Crippen LogP contribution in [0.5, 0.6) is 0 Å². The first-order valence-electron chi connectivity index (χ1n) is 10.2. The number of rotatable bonds is 3. The summed E-state index contributed by atoms with van der Waals surface area (Å²) in [6.45, 7) is 8.43. The van der Waals surface area contributed by atoms with Gasteiger partial charge in [0.2, 0.25) is 5.91 Å². The van der Waals surface area contributed by atoms with Crippen LogP contribution in [-0.2, 0) is 4.79 Å². The summed E-state index contributed by atoms with van der Waals surface area (Å²) in [5, 5.41) is 3.72. The number of nitrogens with one attached hydrogen (secondary N) is 1. The van der Waals surface area contributed by atoms with Crippen LogP contribution in [-0.4, -0.2) is 96.5 Å². The topological polar surface area (TPSA) is 51.2 Å². The summed E-state index contributed by atoms with van der Waals surface area (Å²) in [5.74, 6) is 3.72. The summed E-state index contributed by atoms with van der Waals surface area (Å²) in [4.78, 5) is 23.1. The Labute approximate surface area is 185 Å². The highest BCUT2D eigenvalue weighted by atomic mass is 127. The van der Waals surface area contributed by atoms with Crippen LogP contribution in [0, 0.1) is 0 Å². The van der Waals surface area contributed by atoms with Crippen LogP contribution in [0.15, 0.2) is 4.99 Å². The van der Waals surface area contributed by atoms with Gasteiger partial charge in [0.15, 0.2) is 5.96 Å². The Balaban J connectivity index is 0.00000261. The minimum atomic E-state index is 0. The molecule has 2 saturated heterocycles. The molecule has 6 nitrogen and oxygen atoms in total. The number of carbonyl (C=O) groups is 1. The Morgan fingerprint density at radius 2 is 1.59 bits per heavy atom. The molecule has 0 spiro atoms. The number of amides is 1. The number of hydrogen-bond donors (Lipinski definition) is 1. The molecule has 0 aromatic rings. The standard InChI is InChI=1S/C19H35N5OS.HI/c1-17(25)22-8-10-23(11-9-22)18(20-2)21-16-19(6-4-3-5-7-19)24-12-14-26-15-13-24;/h3-16H2,1-2H3,(H,20,21);1H. The summed E-state index contributed by atoms with van der Waals surface area (Å²) >= 11 is 2.09. The van der Waals surface area contributed by atoms with Gasteiger partial charge in [-0.05, 0) is 12.8 Å². The van der Waals surface area contributed by atoms with E-state index in [0.29, 0.717) is 5.54 Å². The number of guanidine groups is 1. The van der Waals surface area contributed by atoms with E-state index in [9.17, 15) is 4.79 Å². The quantitative estimate of drug-likeness (QED) is 0.359. The van der Waals surface area contributed by atoms with Crippen LogP contribution in [0.1, 0.15) is 39.0 Å². The van der Waals surface area contributed by atoms with Crippen LogP contribution in [0.4, 0.5) is 0 Å². The number of hydrogen-bond acceptors (Lipinski definition) is 4. The molecule has 3 rings (SSSR count). The van der Waals surface area contributed by atoms with Crippen LogP contribution >= 0.6 is 35.7 Å². The van der Waals surface area contributed by atoms with Gasteiger partial charge in [0.25, 0.3) is 0 Å². The highest BCUT2D eigenvalue weighted by molar-refractivity contribution is 14.0. The Morgan fingerprint density at radius 3 is 2.15 bits per heavy atom. The molecule has 3 aliphatic rings. The molecule has 3 fully saturated rings. The molecule has 0 bridgehead atoms. The van der Waals surface area contributed by atoms with Crippen molar-refractivity contribution in [2.75, 3.05) is 64.4 Å². The van der Waals surface area contributed by atoms with Crippen molar-refractivity contribution in [3.8, 4) is 0 Å². The van der Waals surface area contributed by atoms with Crippen LogP contribution in [0.2, 0.25) is 0 Å². The number of piperazine rings is 1. The first kappa shape index (κ1) is 23.1. The van der Waals surface area contributed by atoms with E-state index in [0.717, 1.165) is 38.7 Å². The Hall–Kier alpha value is -0.220. The molecule has 0 radical (unpaired) electrons. The molecule has 0 aromatic heterocycles. The SMILES string of the molecule is CN=C(NCC1(N2CCSCC2)CCCCC1)N1CCN(C(C)=O)CC1.I. The van der Waals surface area contributed by atoms with Gasteiger partial charge >= 0.3 is 0 Å². The highest BCUT2D eigenvalue weighted by Crippen LogP contribution is 2.34. The molecule has 0 unspecified atom stereocenters. The molecule has 2 heterocycles. The third-order valence-electron chi connectivity index (χ3n) is 6.28. The third kappa shape index (κ3) is 5.88. The fraction of sp³-hybridized carbons (Fsp3) is 0.895. The average molecular weight is 510 g/mol. The maximum absolute atomic E-state index is 11.5. The van der Waals surface area contributed by atoms with Crippen molar-refractivity contribution in [1.82, 2.24) is 20.0 Å². The molecule has 1 amide bonds. The lowest BCUT2D eigenvalue weighted by Gasteiger charge is -2.48. The minimum Gasteiger partial charge on any atom is -0.354 e. The van der Waals surface area contributed by atoms with Gasteiger partial charge in [-0.3, -0.25) is 14.7 Å². The molecule has 1 aliphatic carbocycles. The van der Waals surface area contributed by atoms with Gasteiger partial charge < -0.3 is 15.1 Å². The molecular formula is C19H36IN5OS. The highest BCUT2D eigenvalue weighted by Gasteiger charge is 2.38. The third-order valence-corrected chi connectivity index (χ3v) is 7.22. The van der Waals surface area contributed by atoms with Crippen molar-refractivity contribution in [2.45, 2.75) is 44.6 Å². The smallest absolute Gasteiger partial charge is 0.219 e. The zero-order chi connectivity index (χ0) is 18.4. The van der Waals surface area contributed by atoms with E-state index in [-0.39, 0.29) is 29.9 Å². The fourth-order valence-electron chi connectivity index (χ4n) is 4.66. The monoisotopic (exact) mass is 509 g/mol. The molecule has 0 aromatic carbocycles. The van der Waals surface area contributed by atoms with E-state index in [2.05, 4.69) is 31.9 Å². The first-order chi connectivity index (χ1) is 12.6. The summed E-state index contributed by atoms with van der Waals surface area (Å²) in [6, 6.07) is 0. The Kier molecular flexibility index (Phi) is 9.47. The molecule has 1 N–H and O–H groups in total. The summed E-state index contributed by atoms with van der Waals surface area (Å²) in [7, 11) is 1.88. The van der Waals surface area contributed by atoms with E-state index in [1.807, 2.05) is 11.9 Å². The van der Waals surface area contributed by atoms with Gasteiger partial charge in [-0.1, -0.05) is 19.3 Å². The Morgan fingerprint density at radius 1 is 1.00 bits per heavy atom. The predicted molar refractivity (Wildman–Crippen MR) is 125 cm³/mol. The van der Waals surface area contributed by atoms with Gasteiger partial charge in [0, 0.05) is 76.8 Å². The first-order valence-corrected chi connectivity index (χ1v) is 11.3. The molecule has 8 heteroatoms. The molecular weight excluding hydrogens is 473 g/mol. The number of carbonyl (C=O) groups excluding carboxylic acids is 1. The maximum Gasteiger partial charge on any atom is 0.219 e. The van der Waals surface area contributed by atoms with E-state index in [4.69, 9.17) is 0 Å².